The molecule has 1 aliphatic rings. The summed E-state index contributed by atoms with van der Waals surface area (Å²) in [6.45, 7) is 9.21. The number of rotatable bonds is 7. The molecule has 29 heavy (non-hydrogen) atoms. The maximum absolute atomic E-state index is 14.8. The van der Waals surface area contributed by atoms with Crippen LogP contribution in [-0.4, -0.2) is 32.3 Å². The zero-order chi connectivity index (χ0) is 21.0. The maximum Gasteiger partial charge on any atom is 0.258 e. The van der Waals surface area contributed by atoms with Crippen LogP contribution in [0, 0.1) is 12.7 Å². The average Bonchev–Trinajstić information content (AvgIpc) is 2.69. The zero-order valence-electron chi connectivity index (χ0n) is 17.5. The molecule has 0 N–H and O–H groups in total. The SMILES string of the molecule is CCOc1cc(C(=O)N2CCCc3cc(C)cc(F)c32)cc(OCC)c1OCC. The summed E-state index contributed by atoms with van der Waals surface area (Å²) in [4.78, 5) is 14.9. The molecule has 0 unspecified atom stereocenters. The Balaban J connectivity index is 2.06. The van der Waals surface area contributed by atoms with E-state index in [0.29, 0.717) is 54.9 Å². The Morgan fingerprint density at radius 2 is 1.62 bits per heavy atom. The molecular weight excluding hydrogens is 373 g/mol. The zero-order valence-corrected chi connectivity index (χ0v) is 17.5. The fourth-order valence-corrected chi connectivity index (χ4v) is 3.71. The topological polar surface area (TPSA) is 48.0 Å². The molecule has 0 spiro atoms. The van der Waals surface area contributed by atoms with E-state index >= 15 is 0 Å². The van der Waals surface area contributed by atoms with Crippen molar-refractivity contribution in [2.45, 2.75) is 40.5 Å². The Bertz CT molecular complexity index is 870. The molecule has 5 nitrogen and oxygen atoms in total. The van der Waals surface area contributed by atoms with Crippen LogP contribution in [0.25, 0.3) is 0 Å². The summed E-state index contributed by atoms with van der Waals surface area (Å²) < 4.78 is 31.9. The van der Waals surface area contributed by atoms with Crippen LogP contribution in [0.1, 0.15) is 48.7 Å². The molecule has 6 heteroatoms. The van der Waals surface area contributed by atoms with E-state index in [2.05, 4.69) is 0 Å². The first-order valence-electron chi connectivity index (χ1n) is 10.2. The van der Waals surface area contributed by atoms with Crippen molar-refractivity contribution in [1.29, 1.82) is 0 Å². The molecule has 0 atom stereocenters. The van der Waals surface area contributed by atoms with Gasteiger partial charge in [-0.3, -0.25) is 4.79 Å². The van der Waals surface area contributed by atoms with Crippen LogP contribution in [0.15, 0.2) is 24.3 Å². The largest absolute Gasteiger partial charge is 0.490 e. The minimum atomic E-state index is -0.367. The van der Waals surface area contributed by atoms with Gasteiger partial charge in [0.15, 0.2) is 11.5 Å². The summed E-state index contributed by atoms with van der Waals surface area (Å²) in [5.41, 5.74) is 2.47. The number of carbonyl (C=O) groups is 1. The number of hydrogen-bond donors (Lipinski definition) is 0. The molecule has 3 rings (SSSR count). The quantitative estimate of drug-likeness (QED) is 0.661. The predicted octanol–water partition coefficient (Wildman–Crippen LogP) is 4.92. The van der Waals surface area contributed by atoms with Crippen LogP contribution < -0.4 is 19.1 Å². The van der Waals surface area contributed by atoms with Gasteiger partial charge in [-0.05, 0) is 69.9 Å². The number of anilines is 1. The predicted molar refractivity (Wildman–Crippen MR) is 111 cm³/mol. The summed E-state index contributed by atoms with van der Waals surface area (Å²) in [6, 6.07) is 6.73. The van der Waals surface area contributed by atoms with Crippen molar-refractivity contribution in [3.8, 4) is 17.2 Å². The monoisotopic (exact) mass is 401 g/mol. The summed E-state index contributed by atoms with van der Waals surface area (Å²) in [6.07, 6.45) is 1.55. The lowest BCUT2D eigenvalue weighted by Crippen LogP contribution is -2.36. The second-order valence-corrected chi connectivity index (χ2v) is 6.92. The Hall–Kier alpha value is -2.76. The second-order valence-electron chi connectivity index (χ2n) is 6.92. The van der Waals surface area contributed by atoms with E-state index in [1.807, 2.05) is 33.8 Å². The number of nitrogens with zero attached hydrogens (tertiary/aromatic N) is 1. The normalized spacial score (nSPS) is 13.1. The van der Waals surface area contributed by atoms with Gasteiger partial charge in [0, 0.05) is 12.1 Å². The standard InChI is InChI=1S/C23H28FNO4/c1-5-27-19-13-17(14-20(28-6-2)22(19)29-7-3)23(26)25-10-8-9-16-11-15(4)12-18(24)21(16)25/h11-14H,5-10H2,1-4H3. The summed E-state index contributed by atoms with van der Waals surface area (Å²) in [5.74, 6) is 0.733. The summed E-state index contributed by atoms with van der Waals surface area (Å²) in [7, 11) is 0. The van der Waals surface area contributed by atoms with Gasteiger partial charge in [0.1, 0.15) is 5.82 Å². The molecule has 156 valence electrons. The molecule has 2 aromatic carbocycles. The number of hydrogen-bond acceptors (Lipinski definition) is 4. The van der Waals surface area contributed by atoms with Crippen molar-refractivity contribution in [3.63, 3.8) is 0 Å². The first-order chi connectivity index (χ1) is 14.0. The summed E-state index contributed by atoms with van der Waals surface area (Å²) in [5, 5.41) is 0. The molecule has 1 aliphatic heterocycles. The van der Waals surface area contributed by atoms with Crippen molar-refractivity contribution in [1.82, 2.24) is 0 Å². The molecule has 0 saturated heterocycles. The summed E-state index contributed by atoms with van der Waals surface area (Å²) >= 11 is 0. The molecule has 1 heterocycles. The highest BCUT2D eigenvalue weighted by Crippen LogP contribution is 2.40. The van der Waals surface area contributed by atoms with E-state index in [1.165, 1.54) is 11.0 Å². The Labute approximate surface area is 171 Å². The third-order valence-corrected chi connectivity index (χ3v) is 4.79. The Morgan fingerprint density at radius 3 is 2.21 bits per heavy atom. The van der Waals surface area contributed by atoms with Gasteiger partial charge in [-0.2, -0.15) is 0 Å². The van der Waals surface area contributed by atoms with Gasteiger partial charge >= 0.3 is 0 Å². The molecule has 0 aliphatic carbocycles. The van der Waals surface area contributed by atoms with Gasteiger partial charge in [0.05, 0.1) is 25.5 Å². The van der Waals surface area contributed by atoms with Gasteiger partial charge in [0.25, 0.3) is 5.91 Å². The van der Waals surface area contributed by atoms with Crippen molar-refractivity contribution < 1.29 is 23.4 Å². The second kappa shape index (κ2) is 9.16. The molecule has 1 amide bonds. The van der Waals surface area contributed by atoms with Gasteiger partial charge in [-0.25, -0.2) is 4.39 Å². The first-order valence-corrected chi connectivity index (χ1v) is 10.2. The molecule has 0 fully saturated rings. The number of aryl methyl sites for hydroxylation is 2. The van der Waals surface area contributed by atoms with Crippen LogP contribution in [0.2, 0.25) is 0 Å². The number of ether oxygens (including phenoxy) is 3. The molecule has 0 bridgehead atoms. The molecule has 2 aromatic rings. The van der Waals surface area contributed by atoms with Crippen LogP contribution in [-0.2, 0) is 6.42 Å². The molecule has 0 aromatic heterocycles. The van der Waals surface area contributed by atoms with Crippen molar-refractivity contribution in [2.24, 2.45) is 0 Å². The van der Waals surface area contributed by atoms with Crippen LogP contribution in [0.5, 0.6) is 17.2 Å². The van der Waals surface area contributed by atoms with Crippen LogP contribution >= 0.6 is 0 Å². The number of benzene rings is 2. The molecular formula is C23H28FNO4. The third kappa shape index (κ3) is 4.31. The van der Waals surface area contributed by atoms with E-state index in [-0.39, 0.29) is 11.7 Å². The highest BCUT2D eigenvalue weighted by Gasteiger charge is 2.28. The lowest BCUT2D eigenvalue weighted by Gasteiger charge is -2.30. The number of carbonyl (C=O) groups excluding carboxylic acids is 1. The van der Waals surface area contributed by atoms with Crippen molar-refractivity contribution in [2.75, 3.05) is 31.3 Å². The van der Waals surface area contributed by atoms with Gasteiger partial charge in [-0.1, -0.05) is 6.07 Å². The fourth-order valence-electron chi connectivity index (χ4n) is 3.71. The van der Waals surface area contributed by atoms with E-state index in [1.54, 1.807) is 12.1 Å². The fraction of sp³-hybridized carbons (Fsp3) is 0.435. The van der Waals surface area contributed by atoms with Crippen LogP contribution in [0.4, 0.5) is 10.1 Å². The van der Waals surface area contributed by atoms with E-state index in [0.717, 1.165) is 24.0 Å². The van der Waals surface area contributed by atoms with Gasteiger partial charge in [-0.15, -0.1) is 0 Å². The van der Waals surface area contributed by atoms with E-state index in [4.69, 9.17) is 14.2 Å². The number of fused-ring (bicyclic) bond motifs is 1. The highest BCUT2D eigenvalue weighted by atomic mass is 19.1. The minimum absolute atomic E-state index is 0.279. The van der Waals surface area contributed by atoms with E-state index < -0.39 is 0 Å². The smallest absolute Gasteiger partial charge is 0.258 e. The molecule has 0 radical (unpaired) electrons. The first kappa shape index (κ1) is 21.0. The number of halogens is 1. The lowest BCUT2D eigenvalue weighted by molar-refractivity contribution is 0.0983. The van der Waals surface area contributed by atoms with Crippen molar-refractivity contribution in [3.05, 3.63) is 46.8 Å². The van der Waals surface area contributed by atoms with Gasteiger partial charge < -0.3 is 19.1 Å². The third-order valence-electron chi connectivity index (χ3n) is 4.79. The Morgan fingerprint density at radius 1 is 1.00 bits per heavy atom. The highest BCUT2D eigenvalue weighted by molar-refractivity contribution is 6.07. The number of amides is 1. The van der Waals surface area contributed by atoms with E-state index in [9.17, 15) is 9.18 Å². The van der Waals surface area contributed by atoms with Gasteiger partial charge in [0.2, 0.25) is 5.75 Å². The minimum Gasteiger partial charge on any atom is -0.490 e. The van der Waals surface area contributed by atoms with Crippen LogP contribution in [0.3, 0.4) is 0 Å². The average molecular weight is 401 g/mol. The molecule has 0 saturated carbocycles. The maximum atomic E-state index is 14.8. The Kier molecular flexibility index (Phi) is 6.62. The lowest BCUT2D eigenvalue weighted by atomic mass is 9.98. The van der Waals surface area contributed by atoms with Crippen molar-refractivity contribution >= 4 is 11.6 Å².